The standard InChI is InChI=1S/C14H26N2/c1-5-15(6-2)14(16(7-3)8-4)12-10-9-11-13-14/h9-12H,5-8,13H2,1-4H3. The summed E-state index contributed by atoms with van der Waals surface area (Å²) in [5, 5.41) is 0. The van der Waals surface area contributed by atoms with Crippen molar-refractivity contribution in [2.24, 2.45) is 0 Å². The lowest BCUT2D eigenvalue weighted by Crippen LogP contribution is -2.59. The highest BCUT2D eigenvalue weighted by Gasteiger charge is 2.36. The Hall–Kier alpha value is -0.600. The molecule has 0 atom stereocenters. The second kappa shape index (κ2) is 6.21. The Kier molecular flexibility index (Phi) is 5.23. The van der Waals surface area contributed by atoms with Gasteiger partial charge in [0.1, 0.15) is 0 Å². The van der Waals surface area contributed by atoms with Crippen LogP contribution in [0.15, 0.2) is 24.3 Å². The van der Waals surface area contributed by atoms with Crippen molar-refractivity contribution in [1.82, 2.24) is 9.80 Å². The van der Waals surface area contributed by atoms with Crippen LogP contribution in [0, 0.1) is 0 Å². The van der Waals surface area contributed by atoms with Gasteiger partial charge in [0.2, 0.25) is 0 Å². The molecule has 2 nitrogen and oxygen atoms in total. The van der Waals surface area contributed by atoms with E-state index in [1.165, 1.54) is 0 Å². The molecule has 0 saturated heterocycles. The molecule has 0 aromatic carbocycles. The highest BCUT2D eigenvalue weighted by atomic mass is 15.4. The lowest BCUT2D eigenvalue weighted by atomic mass is 9.96. The van der Waals surface area contributed by atoms with Gasteiger partial charge in [0.05, 0.1) is 5.66 Å². The van der Waals surface area contributed by atoms with Gasteiger partial charge in [-0.15, -0.1) is 0 Å². The SMILES string of the molecule is CCN(CC)C1(N(CC)CC)C=CC=CC1. The van der Waals surface area contributed by atoms with Gasteiger partial charge in [0.15, 0.2) is 0 Å². The molecule has 1 rings (SSSR count). The highest BCUT2D eigenvalue weighted by Crippen LogP contribution is 2.29. The zero-order valence-electron chi connectivity index (χ0n) is 11.2. The summed E-state index contributed by atoms with van der Waals surface area (Å²) in [7, 11) is 0. The van der Waals surface area contributed by atoms with Crippen LogP contribution in [0.5, 0.6) is 0 Å². The smallest absolute Gasteiger partial charge is 0.0967 e. The van der Waals surface area contributed by atoms with Crippen LogP contribution in [0.3, 0.4) is 0 Å². The van der Waals surface area contributed by atoms with Crippen molar-refractivity contribution in [3.05, 3.63) is 24.3 Å². The number of allylic oxidation sites excluding steroid dienone is 2. The Morgan fingerprint density at radius 2 is 1.38 bits per heavy atom. The number of rotatable bonds is 6. The van der Waals surface area contributed by atoms with Crippen LogP contribution in [-0.2, 0) is 0 Å². The molecule has 0 fully saturated rings. The molecule has 1 aliphatic carbocycles. The van der Waals surface area contributed by atoms with E-state index in [9.17, 15) is 0 Å². The van der Waals surface area contributed by atoms with Crippen molar-refractivity contribution >= 4 is 0 Å². The Labute approximate surface area is 101 Å². The fraction of sp³-hybridized carbons (Fsp3) is 0.714. The summed E-state index contributed by atoms with van der Waals surface area (Å²) in [4.78, 5) is 5.11. The van der Waals surface area contributed by atoms with Crippen molar-refractivity contribution in [3.63, 3.8) is 0 Å². The maximum atomic E-state index is 2.56. The Balaban J connectivity index is 3.00. The monoisotopic (exact) mass is 222 g/mol. The molecule has 0 amide bonds. The minimum Gasteiger partial charge on any atom is -0.282 e. The predicted octanol–water partition coefficient (Wildman–Crippen LogP) is 2.88. The molecule has 2 heteroatoms. The van der Waals surface area contributed by atoms with Crippen LogP contribution < -0.4 is 0 Å². The van der Waals surface area contributed by atoms with Gasteiger partial charge in [-0.05, 0) is 32.3 Å². The quantitative estimate of drug-likeness (QED) is 0.638. The number of likely N-dealkylation sites (N-methyl/N-ethyl adjacent to an activating group) is 2. The molecule has 0 aromatic rings. The van der Waals surface area contributed by atoms with E-state index in [-0.39, 0.29) is 5.66 Å². The largest absolute Gasteiger partial charge is 0.282 e. The summed E-state index contributed by atoms with van der Waals surface area (Å²) in [5.74, 6) is 0. The number of hydrogen-bond donors (Lipinski definition) is 0. The minimum absolute atomic E-state index is 0.113. The van der Waals surface area contributed by atoms with Crippen molar-refractivity contribution in [3.8, 4) is 0 Å². The number of nitrogens with zero attached hydrogens (tertiary/aromatic N) is 2. The van der Waals surface area contributed by atoms with Crippen LogP contribution in [-0.4, -0.2) is 41.6 Å². The zero-order chi connectivity index (χ0) is 12.0. The second-order valence-corrected chi connectivity index (χ2v) is 4.21. The molecule has 0 heterocycles. The van der Waals surface area contributed by atoms with Gasteiger partial charge in [-0.1, -0.05) is 45.9 Å². The lowest BCUT2D eigenvalue weighted by Gasteiger charge is -2.49. The summed E-state index contributed by atoms with van der Waals surface area (Å²) in [5.41, 5.74) is 0.113. The van der Waals surface area contributed by atoms with Gasteiger partial charge in [0.25, 0.3) is 0 Å². The van der Waals surface area contributed by atoms with Gasteiger partial charge in [0, 0.05) is 6.42 Å². The topological polar surface area (TPSA) is 6.48 Å². The van der Waals surface area contributed by atoms with Gasteiger partial charge >= 0.3 is 0 Å². The summed E-state index contributed by atoms with van der Waals surface area (Å²) in [6, 6.07) is 0. The molecule has 0 unspecified atom stereocenters. The van der Waals surface area contributed by atoms with Crippen LogP contribution >= 0.6 is 0 Å². The van der Waals surface area contributed by atoms with Gasteiger partial charge in [-0.25, -0.2) is 0 Å². The average molecular weight is 222 g/mol. The Morgan fingerprint density at radius 3 is 1.69 bits per heavy atom. The maximum absolute atomic E-state index is 2.56. The second-order valence-electron chi connectivity index (χ2n) is 4.21. The predicted molar refractivity (Wildman–Crippen MR) is 71.5 cm³/mol. The zero-order valence-corrected chi connectivity index (χ0v) is 11.2. The first kappa shape index (κ1) is 13.5. The lowest BCUT2D eigenvalue weighted by molar-refractivity contribution is -0.00955. The summed E-state index contributed by atoms with van der Waals surface area (Å²) in [6.45, 7) is 13.4. The molecule has 0 N–H and O–H groups in total. The van der Waals surface area contributed by atoms with E-state index in [4.69, 9.17) is 0 Å². The minimum atomic E-state index is 0.113. The van der Waals surface area contributed by atoms with Crippen molar-refractivity contribution < 1.29 is 0 Å². The number of hydrogen-bond acceptors (Lipinski definition) is 2. The van der Waals surface area contributed by atoms with E-state index in [2.05, 4.69) is 61.8 Å². The van der Waals surface area contributed by atoms with Gasteiger partial charge < -0.3 is 0 Å². The summed E-state index contributed by atoms with van der Waals surface area (Å²) < 4.78 is 0. The summed E-state index contributed by atoms with van der Waals surface area (Å²) >= 11 is 0. The first-order valence-corrected chi connectivity index (χ1v) is 6.59. The molecule has 0 bridgehead atoms. The average Bonchev–Trinajstić information content (AvgIpc) is 2.33. The molecule has 0 spiro atoms. The molecule has 16 heavy (non-hydrogen) atoms. The molecular weight excluding hydrogens is 196 g/mol. The molecular formula is C14H26N2. The van der Waals surface area contributed by atoms with Crippen molar-refractivity contribution in [1.29, 1.82) is 0 Å². The van der Waals surface area contributed by atoms with Crippen molar-refractivity contribution in [2.75, 3.05) is 26.2 Å². The van der Waals surface area contributed by atoms with E-state index >= 15 is 0 Å². The maximum Gasteiger partial charge on any atom is 0.0967 e. The van der Waals surface area contributed by atoms with Gasteiger partial charge in [-0.3, -0.25) is 9.80 Å². The molecule has 0 radical (unpaired) electrons. The molecule has 92 valence electrons. The molecule has 0 aromatic heterocycles. The van der Waals surface area contributed by atoms with E-state index in [1.54, 1.807) is 0 Å². The fourth-order valence-corrected chi connectivity index (χ4v) is 2.81. The first-order chi connectivity index (χ1) is 7.75. The summed E-state index contributed by atoms with van der Waals surface area (Å²) in [6.07, 6.45) is 10.1. The van der Waals surface area contributed by atoms with Gasteiger partial charge in [-0.2, -0.15) is 0 Å². The van der Waals surface area contributed by atoms with E-state index in [0.717, 1.165) is 32.6 Å². The first-order valence-electron chi connectivity index (χ1n) is 6.59. The van der Waals surface area contributed by atoms with E-state index < -0.39 is 0 Å². The van der Waals surface area contributed by atoms with Crippen LogP contribution in [0.2, 0.25) is 0 Å². The fourth-order valence-electron chi connectivity index (χ4n) is 2.81. The molecule has 0 saturated carbocycles. The van der Waals surface area contributed by atoms with E-state index in [0.29, 0.717) is 0 Å². The van der Waals surface area contributed by atoms with E-state index in [1.807, 2.05) is 0 Å². The highest BCUT2D eigenvalue weighted by molar-refractivity contribution is 5.20. The normalized spacial score (nSPS) is 18.6. The van der Waals surface area contributed by atoms with Crippen molar-refractivity contribution in [2.45, 2.75) is 39.8 Å². The Bertz CT molecular complexity index is 235. The molecule has 0 aliphatic heterocycles. The Morgan fingerprint density at radius 1 is 0.875 bits per heavy atom. The third-order valence-corrected chi connectivity index (χ3v) is 3.65. The third kappa shape index (κ3) is 2.38. The van der Waals surface area contributed by atoms with Crippen LogP contribution in [0.4, 0.5) is 0 Å². The van der Waals surface area contributed by atoms with Crippen LogP contribution in [0.1, 0.15) is 34.1 Å². The van der Waals surface area contributed by atoms with Crippen LogP contribution in [0.25, 0.3) is 0 Å². The molecule has 1 aliphatic rings. The third-order valence-electron chi connectivity index (χ3n) is 3.65.